The number of hydrogen-bond donors (Lipinski definition) is 3. The summed E-state index contributed by atoms with van der Waals surface area (Å²) in [5.41, 5.74) is 5.48. The maximum atomic E-state index is 12.2. The normalized spacial score (nSPS) is 13.8. The van der Waals surface area contributed by atoms with E-state index in [1.807, 2.05) is 44.3 Å². The first-order valence-corrected chi connectivity index (χ1v) is 9.09. The third-order valence-corrected chi connectivity index (χ3v) is 4.64. The summed E-state index contributed by atoms with van der Waals surface area (Å²) in [6.07, 6.45) is 3.41. The highest BCUT2D eigenvalue weighted by Gasteiger charge is 2.16. The van der Waals surface area contributed by atoms with Crippen LogP contribution in [0.2, 0.25) is 0 Å². The van der Waals surface area contributed by atoms with Crippen LogP contribution in [0.5, 0.6) is 0 Å². The van der Waals surface area contributed by atoms with E-state index in [0.717, 1.165) is 34.7 Å². The van der Waals surface area contributed by atoms with Crippen LogP contribution in [-0.4, -0.2) is 32.0 Å². The summed E-state index contributed by atoms with van der Waals surface area (Å²) in [7, 11) is 1.84. The maximum Gasteiger partial charge on any atom is 0.279 e. The highest BCUT2D eigenvalue weighted by molar-refractivity contribution is 5.93. The van der Waals surface area contributed by atoms with Crippen molar-refractivity contribution in [2.24, 2.45) is 0 Å². The molecule has 0 aliphatic heterocycles. The number of nitrogens with one attached hydrogen (secondary N) is 3. The van der Waals surface area contributed by atoms with Crippen LogP contribution in [-0.2, 0) is 22.4 Å². The quantitative estimate of drug-likeness (QED) is 0.739. The van der Waals surface area contributed by atoms with Crippen molar-refractivity contribution in [1.29, 1.82) is 0 Å². The van der Waals surface area contributed by atoms with Crippen LogP contribution in [0.15, 0.2) is 42.5 Å². The van der Waals surface area contributed by atoms with Gasteiger partial charge in [-0.2, -0.15) is 0 Å². The fraction of sp³-hybridized carbons (Fsp3) is 0.333. The van der Waals surface area contributed by atoms with E-state index in [4.69, 9.17) is 0 Å². The molecule has 0 radical (unpaired) electrons. The number of benzene rings is 2. The fourth-order valence-electron chi connectivity index (χ4n) is 3.31. The lowest BCUT2D eigenvalue weighted by Crippen LogP contribution is -3.11. The SMILES string of the molecule is Cc1ccc(NC(=O)C[NH+](C)CC(=O)Nc2ccc3c(c2)CCC3)cc1. The molecule has 0 saturated carbocycles. The molecule has 0 aromatic heterocycles. The Labute approximate surface area is 154 Å². The number of aryl methyl sites for hydroxylation is 3. The molecule has 1 aliphatic carbocycles. The first-order valence-electron chi connectivity index (χ1n) is 9.09. The summed E-state index contributed by atoms with van der Waals surface area (Å²) in [5, 5.41) is 5.80. The van der Waals surface area contributed by atoms with Gasteiger partial charge in [-0.15, -0.1) is 0 Å². The van der Waals surface area contributed by atoms with E-state index in [1.54, 1.807) is 0 Å². The summed E-state index contributed by atoms with van der Waals surface area (Å²) in [5.74, 6) is -0.180. The van der Waals surface area contributed by atoms with E-state index in [0.29, 0.717) is 0 Å². The third kappa shape index (κ3) is 4.92. The Bertz CT molecular complexity index is 799. The van der Waals surface area contributed by atoms with Gasteiger partial charge >= 0.3 is 0 Å². The lowest BCUT2D eigenvalue weighted by Gasteiger charge is -2.14. The summed E-state index contributed by atoms with van der Waals surface area (Å²) in [6.45, 7) is 2.49. The molecule has 2 aromatic rings. The molecule has 2 aromatic carbocycles. The molecule has 0 bridgehead atoms. The molecule has 5 heteroatoms. The second kappa shape index (κ2) is 8.15. The van der Waals surface area contributed by atoms with Crippen molar-refractivity contribution < 1.29 is 14.5 Å². The van der Waals surface area contributed by atoms with Gasteiger partial charge in [0.25, 0.3) is 11.8 Å². The summed E-state index contributed by atoms with van der Waals surface area (Å²) in [4.78, 5) is 25.2. The highest BCUT2D eigenvalue weighted by atomic mass is 16.2. The van der Waals surface area contributed by atoms with Crippen LogP contribution in [0.25, 0.3) is 0 Å². The van der Waals surface area contributed by atoms with Gasteiger partial charge in [-0.05, 0) is 61.6 Å². The minimum atomic E-state index is -0.100. The molecule has 1 aliphatic rings. The van der Waals surface area contributed by atoms with Gasteiger partial charge in [-0.1, -0.05) is 23.8 Å². The van der Waals surface area contributed by atoms with Crippen molar-refractivity contribution in [2.45, 2.75) is 26.2 Å². The number of rotatable bonds is 6. The summed E-state index contributed by atoms with van der Waals surface area (Å²) < 4.78 is 0. The molecule has 1 unspecified atom stereocenters. The average molecular weight is 352 g/mol. The monoisotopic (exact) mass is 352 g/mol. The number of anilines is 2. The van der Waals surface area contributed by atoms with E-state index in [2.05, 4.69) is 22.8 Å². The number of quaternary nitrogens is 1. The molecule has 3 N–H and O–H groups in total. The summed E-state index contributed by atoms with van der Waals surface area (Å²) >= 11 is 0. The van der Waals surface area contributed by atoms with Crippen LogP contribution in [0, 0.1) is 6.92 Å². The van der Waals surface area contributed by atoms with Gasteiger partial charge in [-0.3, -0.25) is 9.59 Å². The maximum absolute atomic E-state index is 12.2. The number of hydrogen-bond acceptors (Lipinski definition) is 2. The Kier molecular flexibility index (Phi) is 5.68. The molecule has 2 amide bonds. The van der Waals surface area contributed by atoms with E-state index in [1.165, 1.54) is 17.5 Å². The lowest BCUT2D eigenvalue weighted by atomic mass is 10.1. The Morgan fingerprint density at radius 3 is 2.15 bits per heavy atom. The van der Waals surface area contributed by atoms with Gasteiger partial charge in [0.1, 0.15) is 0 Å². The molecule has 0 saturated heterocycles. The molecular formula is C21H26N3O2+. The van der Waals surface area contributed by atoms with Gasteiger partial charge in [0, 0.05) is 11.4 Å². The van der Waals surface area contributed by atoms with E-state index < -0.39 is 0 Å². The first kappa shape index (κ1) is 18.1. The summed E-state index contributed by atoms with van der Waals surface area (Å²) in [6, 6.07) is 13.8. The van der Waals surface area contributed by atoms with Crippen LogP contribution in [0.4, 0.5) is 11.4 Å². The zero-order valence-corrected chi connectivity index (χ0v) is 15.4. The molecule has 0 spiro atoms. The molecule has 3 rings (SSSR count). The second-order valence-electron chi connectivity index (χ2n) is 7.11. The van der Waals surface area contributed by atoms with Crippen molar-refractivity contribution in [3.05, 3.63) is 59.2 Å². The largest absolute Gasteiger partial charge is 0.322 e. The van der Waals surface area contributed by atoms with Crippen molar-refractivity contribution in [3.63, 3.8) is 0 Å². The fourth-order valence-corrected chi connectivity index (χ4v) is 3.31. The van der Waals surface area contributed by atoms with Crippen LogP contribution < -0.4 is 15.5 Å². The van der Waals surface area contributed by atoms with Crippen molar-refractivity contribution in [2.75, 3.05) is 30.8 Å². The second-order valence-corrected chi connectivity index (χ2v) is 7.11. The zero-order chi connectivity index (χ0) is 18.5. The van der Waals surface area contributed by atoms with Gasteiger partial charge in [0.05, 0.1) is 7.05 Å². The topological polar surface area (TPSA) is 62.6 Å². The minimum Gasteiger partial charge on any atom is -0.322 e. The van der Waals surface area contributed by atoms with Gasteiger partial charge in [0.15, 0.2) is 13.1 Å². The zero-order valence-electron chi connectivity index (χ0n) is 15.4. The van der Waals surface area contributed by atoms with Crippen molar-refractivity contribution in [3.8, 4) is 0 Å². The molecule has 5 nitrogen and oxygen atoms in total. The predicted octanol–water partition coefficient (Wildman–Crippen LogP) is 1.58. The van der Waals surface area contributed by atoms with Crippen molar-refractivity contribution in [1.82, 2.24) is 0 Å². The molecule has 0 heterocycles. The Morgan fingerprint density at radius 1 is 0.885 bits per heavy atom. The molecular weight excluding hydrogens is 326 g/mol. The van der Waals surface area contributed by atoms with Crippen LogP contribution in [0.1, 0.15) is 23.1 Å². The Morgan fingerprint density at radius 2 is 1.46 bits per heavy atom. The number of fused-ring (bicyclic) bond motifs is 1. The first-order chi connectivity index (χ1) is 12.5. The standard InChI is InChI=1S/C21H25N3O2/c1-15-6-9-18(10-7-15)22-20(25)13-24(2)14-21(26)23-19-11-8-16-4-3-5-17(16)12-19/h6-12H,3-5,13-14H2,1-2H3,(H,22,25)(H,23,26)/p+1. The highest BCUT2D eigenvalue weighted by Crippen LogP contribution is 2.24. The number of carbonyl (C=O) groups is 2. The Balaban J connectivity index is 1.46. The number of carbonyl (C=O) groups excluding carboxylic acids is 2. The minimum absolute atomic E-state index is 0.0800. The Hall–Kier alpha value is -2.66. The predicted molar refractivity (Wildman–Crippen MR) is 104 cm³/mol. The van der Waals surface area contributed by atoms with E-state index in [-0.39, 0.29) is 24.9 Å². The molecule has 26 heavy (non-hydrogen) atoms. The number of amides is 2. The van der Waals surface area contributed by atoms with Crippen LogP contribution >= 0.6 is 0 Å². The third-order valence-electron chi connectivity index (χ3n) is 4.64. The average Bonchev–Trinajstić information content (AvgIpc) is 3.04. The molecule has 136 valence electrons. The van der Waals surface area contributed by atoms with E-state index >= 15 is 0 Å². The van der Waals surface area contributed by atoms with E-state index in [9.17, 15) is 9.59 Å². The van der Waals surface area contributed by atoms with Gasteiger partial charge in [-0.25, -0.2) is 0 Å². The van der Waals surface area contributed by atoms with Crippen LogP contribution in [0.3, 0.4) is 0 Å². The molecule has 0 fully saturated rings. The van der Waals surface area contributed by atoms with Crippen molar-refractivity contribution >= 4 is 23.2 Å². The molecule has 1 atom stereocenters. The number of likely N-dealkylation sites (N-methyl/N-ethyl adjacent to an activating group) is 1. The van der Waals surface area contributed by atoms with Gasteiger partial charge in [0.2, 0.25) is 0 Å². The smallest absolute Gasteiger partial charge is 0.279 e. The van der Waals surface area contributed by atoms with Gasteiger partial charge < -0.3 is 15.5 Å². The lowest BCUT2D eigenvalue weighted by molar-refractivity contribution is -0.862.